The van der Waals surface area contributed by atoms with Crippen molar-refractivity contribution in [3.8, 4) is 0 Å². The SMILES string of the molecule is [B]CC1=CC(=C/C)/C(=N\N)N=C1C. The second kappa shape index (κ2) is 4.07. The standard InChI is InChI=1S/C9H12BN3/c1-3-7-4-8(5-10)6(2)12-9(7)13-11/h3-4H,5,11H2,1-2H3/b7-3-,13-9+. The second-order valence-electron chi connectivity index (χ2n) is 2.77. The number of amidine groups is 1. The summed E-state index contributed by atoms with van der Waals surface area (Å²) in [6, 6.07) is 0. The zero-order valence-corrected chi connectivity index (χ0v) is 7.91. The van der Waals surface area contributed by atoms with E-state index in [1.807, 2.05) is 26.0 Å². The van der Waals surface area contributed by atoms with Gasteiger partial charge in [-0.2, -0.15) is 5.10 Å². The first-order valence-corrected chi connectivity index (χ1v) is 4.13. The van der Waals surface area contributed by atoms with Gasteiger partial charge in [-0.15, -0.1) is 0 Å². The highest BCUT2D eigenvalue weighted by atomic mass is 15.2. The molecule has 0 saturated heterocycles. The largest absolute Gasteiger partial charge is 0.321 e. The molecule has 1 aliphatic rings. The minimum atomic E-state index is 0.491. The van der Waals surface area contributed by atoms with Crippen molar-refractivity contribution < 1.29 is 0 Å². The summed E-state index contributed by atoms with van der Waals surface area (Å²) in [6.45, 7) is 3.82. The van der Waals surface area contributed by atoms with Crippen molar-refractivity contribution in [3.63, 3.8) is 0 Å². The molecule has 66 valence electrons. The molecular weight excluding hydrogens is 161 g/mol. The van der Waals surface area contributed by atoms with Crippen molar-refractivity contribution in [3.05, 3.63) is 23.3 Å². The van der Waals surface area contributed by atoms with Crippen molar-refractivity contribution >= 4 is 19.4 Å². The second-order valence-corrected chi connectivity index (χ2v) is 2.77. The van der Waals surface area contributed by atoms with Gasteiger partial charge in [0.2, 0.25) is 0 Å². The molecule has 0 spiro atoms. The summed E-state index contributed by atoms with van der Waals surface area (Å²) in [4.78, 5) is 4.23. The molecule has 0 aromatic carbocycles. The number of rotatable bonds is 1. The van der Waals surface area contributed by atoms with Crippen LogP contribution in [0.4, 0.5) is 0 Å². The molecule has 1 rings (SSSR count). The Labute approximate surface area is 79.5 Å². The molecule has 2 radical (unpaired) electrons. The molecule has 0 fully saturated rings. The Morgan fingerprint density at radius 1 is 1.69 bits per heavy atom. The topological polar surface area (TPSA) is 50.7 Å². The lowest BCUT2D eigenvalue weighted by Crippen LogP contribution is -2.13. The van der Waals surface area contributed by atoms with E-state index in [0.717, 1.165) is 16.9 Å². The zero-order chi connectivity index (χ0) is 9.84. The molecule has 0 aromatic rings. The van der Waals surface area contributed by atoms with Gasteiger partial charge in [0.25, 0.3) is 0 Å². The van der Waals surface area contributed by atoms with Crippen LogP contribution in [-0.4, -0.2) is 19.4 Å². The minimum Gasteiger partial charge on any atom is -0.321 e. The number of aliphatic imine (C=N–C) groups is 1. The number of nitrogens with zero attached hydrogens (tertiary/aromatic N) is 2. The normalized spacial score (nSPS) is 23.2. The van der Waals surface area contributed by atoms with Crippen LogP contribution in [0.3, 0.4) is 0 Å². The van der Waals surface area contributed by atoms with Crippen LogP contribution in [0.5, 0.6) is 0 Å². The number of hydrogen-bond acceptors (Lipinski definition) is 2. The smallest absolute Gasteiger partial charge is 0.178 e. The van der Waals surface area contributed by atoms with Crippen LogP contribution in [-0.2, 0) is 0 Å². The Balaban J connectivity index is 3.12. The molecule has 4 heteroatoms. The van der Waals surface area contributed by atoms with Crippen LogP contribution in [0, 0.1) is 0 Å². The van der Waals surface area contributed by atoms with Crippen LogP contribution in [0.15, 0.2) is 33.4 Å². The fraction of sp³-hybridized carbons (Fsp3) is 0.333. The molecule has 3 nitrogen and oxygen atoms in total. The first-order valence-electron chi connectivity index (χ1n) is 4.13. The quantitative estimate of drug-likeness (QED) is 0.361. The number of hydrogen-bond donors (Lipinski definition) is 1. The molecule has 0 atom stereocenters. The Bertz CT molecular complexity index is 324. The fourth-order valence-corrected chi connectivity index (χ4v) is 1.17. The third-order valence-corrected chi connectivity index (χ3v) is 1.98. The van der Waals surface area contributed by atoms with E-state index in [4.69, 9.17) is 13.7 Å². The van der Waals surface area contributed by atoms with E-state index in [2.05, 4.69) is 10.1 Å². The molecule has 1 heterocycles. The Kier molecular flexibility index (Phi) is 3.06. The molecule has 0 saturated carbocycles. The van der Waals surface area contributed by atoms with Gasteiger partial charge in [0.1, 0.15) is 0 Å². The highest BCUT2D eigenvalue weighted by Crippen LogP contribution is 2.16. The Morgan fingerprint density at radius 3 is 2.85 bits per heavy atom. The summed E-state index contributed by atoms with van der Waals surface area (Å²) in [5.74, 6) is 5.76. The van der Waals surface area contributed by atoms with Gasteiger partial charge in [-0.05, 0) is 25.5 Å². The average Bonchev–Trinajstić information content (AvgIpc) is 2.17. The van der Waals surface area contributed by atoms with Gasteiger partial charge in [0.05, 0.1) is 7.85 Å². The molecule has 0 aromatic heterocycles. The maximum absolute atomic E-state index is 5.55. The van der Waals surface area contributed by atoms with Crippen molar-refractivity contribution in [2.24, 2.45) is 15.9 Å². The van der Waals surface area contributed by atoms with E-state index in [9.17, 15) is 0 Å². The third kappa shape index (κ3) is 1.88. The molecule has 0 amide bonds. The summed E-state index contributed by atoms with van der Waals surface area (Å²) >= 11 is 0. The van der Waals surface area contributed by atoms with Crippen molar-refractivity contribution in [1.82, 2.24) is 0 Å². The summed E-state index contributed by atoms with van der Waals surface area (Å²) in [5, 5.41) is 3.59. The van der Waals surface area contributed by atoms with Gasteiger partial charge >= 0.3 is 0 Å². The van der Waals surface area contributed by atoms with Crippen LogP contribution in [0.25, 0.3) is 0 Å². The van der Waals surface area contributed by atoms with Crippen LogP contribution < -0.4 is 5.84 Å². The highest BCUT2D eigenvalue weighted by molar-refractivity contribution is 6.21. The predicted octanol–water partition coefficient (Wildman–Crippen LogP) is 1.19. The third-order valence-electron chi connectivity index (χ3n) is 1.98. The molecule has 0 unspecified atom stereocenters. The van der Waals surface area contributed by atoms with Crippen LogP contribution >= 0.6 is 0 Å². The van der Waals surface area contributed by atoms with Crippen molar-refractivity contribution in [1.29, 1.82) is 0 Å². The van der Waals surface area contributed by atoms with Gasteiger partial charge in [-0.1, -0.05) is 12.4 Å². The Morgan fingerprint density at radius 2 is 2.38 bits per heavy atom. The fourth-order valence-electron chi connectivity index (χ4n) is 1.17. The summed E-state index contributed by atoms with van der Waals surface area (Å²) in [5.41, 5.74) is 2.84. The molecule has 13 heavy (non-hydrogen) atoms. The number of allylic oxidation sites excluding steroid dienone is 2. The van der Waals surface area contributed by atoms with Crippen molar-refractivity contribution in [2.45, 2.75) is 20.2 Å². The van der Waals surface area contributed by atoms with E-state index < -0.39 is 0 Å². The first-order chi connectivity index (χ1) is 6.22. The van der Waals surface area contributed by atoms with E-state index >= 15 is 0 Å². The van der Waals surface area contributed by atoms with Crippen LogP contribution in [0.2, 0.25) is 6.32 Å². The Hall–Kier alpha value is -1.32. The minimum absolute atomic E-state index is 0.491. The molecule has 2 N–H and O–H groups in total. The first kappa shape index (κ1) is 9.77. The lowest BCUT2D eigenvalue weighted by atomic mass is 9.90. The number of dihydropyridines is 1. The highest BCUT2D eigenvalue weighted by Gasteiger charge is 2.12. The summed E-state index contributed by atoms with van der Waals surface area (Å²) < 4.78 is 0. The van der Waals surface area contributed by atoms with E-state index in [1.165, 1.54) is 0 Å². The van der Waals surface area contributed by atoms with Gasteiger partial charge < -0.3 is 5.84 Å². The van der Waals surface area contributed by atoms with Gasteiger partial charge in [-0.25, -0.2) is 4.99 Å². The lowest BCUT2D eigenvalue weighted by Gasteiger charge is -2.13. The zero-order valence-electron chi connectivity index (χ0n) is 7.91. The molecular formula is C9H12BN3. The van der Waals surface area contributed by atoms with E-state index in [-0.39, 0.29) is 0 Å². The van der Waals surface area contributed by atoms with E-state index in [1.54, 1.807) is 0 Å². The predicted molar refractivity (Wildman–Crippen MR) is 57.1 cm³/mol. The molecule has 0 aliphatic carbocycles. The monoisotopic (exact) mass is 173 g/mol. The van der Waals surface area contributed by atoms with Crippen LogP contribution in [0.1, 0.15) is 13.8 Å². The lowest BCUT2D eigenvalue weighted by molar-refractivity contribution is 1.22. The molecule has 1 aliphatic heterocycles. The molecule has 0 bridgehead atoms. The van der Waals surface area contributed by atoms with Crippen molar-refractivity contribution in [2.75, 3.05) is 0 Å². The number of hydrazone groups is 1. The summed E-state index contributed by atoms with van der Waals surface area (Å²) in [7, 11) is 5.55. The summed E-state index contributed by atoms with van der Waals surface area (Å²) in [6.07, 6.45) is 4.37. The van der Waals surface area contributed by atoms with Gasteiger partial charge in [-0.3, -0.25) is 0 Å². The van der Waals surface area contributed by atoms with E-state index in [0.29, 0.717) is 12.2 Å². The maximum Gasteiger partial charge on any atom is 0.178 e. The number of nitrogens with two attached hydrogens (primary N) is 1. The van der Waals surface area contributed by atoms with Gasteiger partial charge in [0.15, 0.2) is 5.84 Å². The maximum atomic E-state index is 5.55. The van der Waals surface area contributed by atoms with Gasteiger partial charge in [0, 0.05) is 11.3 Å². The average molecular weight is 173 g/mol.